The molecule has 0 bridgehead atoms. The molecular formula is C15H21NOS. The van der Waals surface area contributed by atoms with Crippen LogP contribution >= 0.6 is 11.3 Å². The van der Waals surface area contributed by atoms with Crippen LogP contribution in [0.3, 0.4) is 0 Å². The monoisotopic (exact) mass is 263 g/mol. The molecule has 0 aliphatic rings. The van der Waals surface area contributed by atoms with E-state index in [1.165, 1.54) is 0 Å². The zero-order chi connectivity index (χ0) is 13.7. The number of hydrogen-bond acceptors (Lipinski definition) is 3. The standard InChI is InChI=1S/C15H21NOS/c1-6-10(2)7-11(3)15(17)12(4)8-14-9-18-13(5)16-14/h6-9,11,15,17H,1H2,2-5H3/t11-,15-/m0/s1. The van der Waals surface area contributed by atoms with Crippen molar-refractivity contribution < 1.29 is 5.11 Å². The van der Waals surface area contributed by atoms with Gasteiger partial charge in [0.15, 0.2) is 0 Å². The largest absolute Gasteiger partial charge is 0.388 e. The Morgan fingerprint density at radius 3 is 2.67 bits per heavy atom. The van der Waals surface area contributed by atoms with E-state index in [-0.39, 0.29) is 5.92 Å². The number of aromatic nitrogens is 1. The molecule has 0 aromatic carbocycles. The molecule has 98 valence electrons. The van der Waals surface area contributed by atoms with Crippen LogP contribution < -0.4 is 0 Å². The zero-order valence-corrected chi connectivity index (χ0v) is 12.3. The normalized spacial score (nSPS) is 16.5. The molecule has 0 fully saturated rings. The summed E-state index contributed by atoms with van der Waals surface area (Å²) in [6, 6.07) is 0. The first-order chi connectivity index (χ1) is 8.43. The number of aliphatic hydroxyl groups excluding tert-OH is 1. The predicted octanol–water partition coefficient (Wildman–Crippen LogP) is 3.98. The maximum Gasteiger partial charge on any atom is 0.0901 e. The summed E-state index contributed by atoms with van der Waals surface area (Å²) in [6.45, 7) is 11.6. The van der Waals surface area contributed by atoms with Gasteiger partial charge < -0.3 is 5.11 Å². The predicted molar refractivity (Wildman–Crippen MR) is 79.6 cm³/mol. The summed E-state index contributed by atoms with van der Waals surface area (Å²) < 4.78 is 0. The van der Waals surface area contributed by atoms with E-state index in [0.717, 1.165) is 21.8 Å². The average Bonchev–Trinajstić information content (AvgIpc) is 2.73. The highest BCUT2D eigenvalue weighted by Crippen LogP contribution is 2.19. The third kappa shape index (κ3) is 4.24. The molecule has 1 aromatic heterocycles. The summed E-state index contributed by atoms with van der Waals surface area (Å²) in [4.78, 5) is 4.37. The molecule has 1 aromatic rings. The lowest BCUT2D eigenvalue weighted by Crippen LogP contribution is -2.17. The van der Waals surface area contributed by atoms with Gasteiger partial charge in [-0.05, 0) is 32.4 Å². The van der Waals surface area contributed by atoms with E-state index >= 15 is 0 Å². The van der Waals surface area contributed by atoms with Crippen LogP contribution in [0, 0.1) is 12.8 Å². The van der Waals surface area contributed by atoms with Gasteiger partial charge in [-0.2, -0.15) is 0 Å². The topological polar surface area (TPSA) is 33.1 Å². The van der Waals surface area contributed by atoms with Crippen LogP contribution in [0.5, 0.6) is 0 Å². The SMILES string of the molecule is C=CC(C)=C[C@H](C)[C@H](O)C(C)=Cc1csc(C)n1. The fraction of sp³-hybridized carbons (Fsp3) is 0.400. The molecular weight excluding hydrogens is 242 g/mol. The van der Waals surface area contributed by atoms with Crippen LogP contribution in [0.25, 0.3) is 6.08 Å². The van der Waals surface area contributed by atoms with Crippen molar-refractivity contribution in [3.63, 3.8) is 0 Å². The molecule has 1 heterocycles. The van der Waals surface area contributed by atoms with Gasteiger partial charge in [-0.1, -0.05) is 31.2 Å². The maximum absolute atomic E-state index is 10.2. The first kappa shape index (κ1) is 14.9. The second kappa shape index (κ2) is 6.66. The fourth-order valence-corrected chi connectivity index (χ4v) is 2.32. The van der Waals surface area contributed by atoms with Crippen LogP contribution in [0.2, 0.25) is 0 Å². The first-order valence-electron chi connectivity index (χ1n) is 6.03. The van der Waals surface area contributed by atoms with Crippen molar-refractivity contribution in [3.8, 4) is 0 Å². The minimum atomic E-state index is -0.484. The van der Waals surface area contributed by atoms with E-state index in [1.54, 1.807) is 17.4 Å². The van der Waals surface area contributed by atoms with Crippen molar-refractivity contribution in [2.45, 2.75) is 33.8 Å². The molecule has 3 heteroatoms. The van der Waals surface area contributed by atoms with Gasteiger partial charge in [0.1, 0.15) is 0 Å². The van der Waals surface area contributed by atoms with E-state index in [1.807, 2.05) is 45.2 Å². The fourth-order valence-electron chi connectivity index (χ4n) is 1.75. The smallest absolute Gasteiger partial charge is 0.0901 e. The van der Waals surface area contributed by atoms with Crippen LogP contribution in [0.15, 0.2) is 35.3 Å². The lowest BCUT2D eigenvalue weighted by Gasteiger charge is -2.16. The highest BCUT2D eigenvalue weighted by atomic mass is 32.1. The zero-order valence-electron chi connectivity index (χ0n) is 11.5. The maximum atomic E-state index is 10.2. The number of allylic oxidation sites excluding steroid dienone is 2. The Hall–Kier alpha value is -1.19. The van der Waals surface area contributed by atoms with Gasteiger partial charge in [-0.3, -0.25) is 0 Å². The molecule has 2 nitrogen and oxygen atoms in total. The Kier molecular flexibility index (Phi) is 5.51. The van der Waals surface area contributed by atoms with Crippen LogP contribution in [-0.2, 0) is 0 Å². The number of thiazole rings is 1. The molecule has 0 radical (unpaired) electrons. The van der Waals surface area contributed by atoms with Crippen molar-refractivity contribution in [3.05, 3.63) is 46.0 Å². The van der Waals surface area contributed by atoms with E-state index in [0.29, 0.717) is 0 Å². The molecule has 0 saturated carbocycles. The summed E-state index contributed by atoms with van der Waals surface area (Å²) in [5.41, 5.74) is 2.94. The second-order valence-corrected chi connectivity index (χ2v) is 5.66. The van der Waals surface area contributed by atoms with E-state index in [2.05, 4.69) is 11.6 Å². The van der Waals surface area contributed by atoms with Gasteiger partial charge in [0.05, 0.1) is 16.8 Å². The molecule has 2 atom stereocenters. The van der Waals surface area contributed by atoms with Gasteiger partial charge in [0.25, 0.3) is 0 Å². The number of hydrogen-bond donors (Lipinski definition) is 1. The molecule has 18 heavy (non-hydrogen) atoms. The number of nitrogens with zero attached hydrogens (tertiary/aromatic N) is 1. The van der Waals surface area contributed by atoms with Crippen molar-refractivity contribution in [2.24, 2.45) is 5.92 Å². The molecule has 0 unspecified atom stereocenters. The van der Waals surface area contributed by atoms with Crippen LogP contribution in [0.4, 0.5) is 0 Å². The lowest BCUT2D eigenvalue weighted by atomic mass is 9.95. The molecule has 1 N–H and O–H groups in total. The number of aliphatic hydroxyl groups is 1. The molecule has 0 amide bonds. The molecule has 0 saturated heterocycles. The summed E-state index contributed by atoms with van der Waals surface area (Å²) in [6.07, 6.45) is 5.29. The molecule has 1 rings (SSSR count). The minimum absolute atomic E-state index is 0.0685. The highest BCUT2D eigenvalue weighted by molar-refractivity contribution is 7.09. The molecule has 0 aliphatic heterocycles. The Morgan fingerprint density at radius 1 is 1.50 bits per heavy atom. The van der Waals surface area contributed by atoms with Gasteiger partial charge in [-0.25, -0.2) is 4.98 Å². The van der Waals surface area contributed by atoms with Crippen molar-refractivity contribution in [1.29, 1.82) is 0 Å². The van der Waals surface area contributed by atoms with Crippen molar-refractivity contribution in [1.82, 2.24) is 4.98 Å². The number of aryl methyl sites for hydroxylation is 1. The lowest BCUT2D eigenvalue weighted by molar-refractivity contribution is 0.174. The van der Waals surface area contributed by atoms with Crippen molar-refractivity contribution >= 4 is 17.4 Å². The molecule has 0 aliphatic carbocycles. The van der Waals surface area contributed by atoms with Gasteiger partial charge in [0.2, 0.25) is 0 Å². The average molecular weight is 263 g/mol. The Bertz CT molecular complexity index is 471. The van der Waals surface area contributed by atoms with E-state index in [4.69, 9.17) is 0 Å². The summed E-state index contributed by atoms with van der Waals surface area (Å²) in [5, 5.41) is 13.3. The van der Waals surface area contributed by atoms with Crippen molar-refractivity contribution in [2.75, 3.05) is 0 Å². The van der Waals surface area contributed by atoms with E-state index < -0.39 is 6.10 Å². The Balaban J connectivity index is 2.80. The highest BCUT2D eigenvalue weighted by Gasteiger charge is 2.14. The van der Waals surface area contributed by atoms with E-state index in [9.17, 15) is 5.11 Å². The molecule has 0 spiro atoms. The Morgan fingerprint density at radius 2 is 2.17 bits per heavy atom. The quantitative estimate of drug-likeness (QED) is 0.815. The van der Waals surface area contributed by atoms with Crippen LogP contribution in [0.1, 0.15) is 31.5 Å². The minimum Gasteiger partial charge on any atom is -0.388 e. The summed E-state index contributed by atoms with van der Waals surface area (Å²) >= 11 is 1.62. The van der Waals surface area contributed by atoms with Crippen LogP contribution in [-0.4, -0.2) is 16.2 Å². The third-order valence-electron chi connectivity index (χ3n) is 2.82. The summed E-state index contributed by atoms with van der Waals surface area (Å²) in [5.74, 6) is 0.0685. The third-order valence-corrected chi connectivity index (χ3v) is 3.62. The number of rotatable bonds is 5. The van der Waals surface area contributed by atoms with Gasteiger partial charge >= 0.3 is 0 Å². The second-order valence-electron chi connectivity index (χ2n) is 4.60. The summed E-state index contributed by atoms with van der Waals surface area (Å²) in [7, 11) is 0. The first-order valence-corrected chi connectivity index (χ1v) is 6.91. The van der Waals surface area contributed by atoms with Gasteiger partial charge in [-0.15, -0.1) is 11.3 Å². The Labute approximate surface area is 113 Å². The van der Waals surface area contributed by atoms with Gasteiger partial charge in [0, 0.05) is 11.3 Å².